The van der Waals surface area contributed by atoms with E-state index in [1.54, 1.807) is 0 Å². The van der Waals surface area contributed by atoms with Crippen LogP contribution in [0.4, 0.5) is 0 Å². The maximum Gasteiger partial charge on any atom is 0.261 e. The minimum Gasteiger partial charge on any atom is -0.272 e. The van der Waals surface area contributed by atoms with E-state index in [0.717, 1.165) is 79.8 Å². The number of carbonyl (C=O) groups excluding carboxylic acids is 4. The Morgan fingerprint density at radius 3 is 1.34 bits per heavy atom. The van der Waals surface area contributed by atoms with E-state index in [9.17, 15) is 19.2 Å². The molecule has 0 aliphatic carbocycles. The number of unbranched alkanes of at least 4 members (excludes halogenated alkanes) is 2. The van der Waals surface area contributed by atoms with Crippen molar-refractivity contribution in [3.05, 3.63) is 67.6 Å². The van der Waals surface area contributed by atoms with E-state index in [1.165, 1.54) is 9.80 Å². The molecule has 2 unspecified atom stereocenters. The topological polar surface area (TPSA) is 74.8 Å². The molecular formula is C36H32Br2N2O4. The summed E-state index contributed by atoms with van der Waals surface area (Å²) in [6.45, 7) is 8.08. The smallest absolute Gasteiger partial charge is 0.261 e. The van der Waals surface area contributed by atoms with Crippen LogP contribution in [0.1, 0.15) is 108 Å². The minimum absolute atomic E-state index is 0.204. The summed E-state index contributed by atoms with van der Waals surface area (Å²) in [6, 6.07) is 10.8. The van der Waals surface area contributed by atoms with Gasteiger partial charge in [0.25, 0.3) is 23.6 Å². The van der Waals surface area contributed by atoms with Gasteiger partial charge in [0.15, 0.2) is 0 Å². The number of imide groups is 2. The molecule has 0 saturated carbocycles. The molecule has 0 aromatic heterocycles. The van der Waals surface area contributed by atoms with E-state index in [1.807, 2.05) is 50.2 Å². The number of nitrogens with zero attached hydrogens (tertiary/aromatic N) is 2. The van der Waals surface area contributed by atoms with Crippen molar-refractivity contribution in [2.24, 2.45) is 0 Å². The Hall–Kier alpha value is -3.36. The van der Waals surface area contributed by atoms with Crippen molar-refractivity contribution >= 4 is 98.6 Å². The lowest BCUT2D eigenvalue weighted by Gasteiger charge is -2.34. The van der Waals surface area contributed by atoms with E-state index in [2.05, 4.69) is 45.7 Å². The van der Waals surface area contributed by atoms with Crippen LogP contribution in [0, 0.1) is 0 Å². The summed E-state index contributed by atoms with van der Waals surface area (Å²) in [5.74, 6) is -1.10. The van der Waals surface area contributed by atoms with Crippen molar-refractivity contribution in [2.45, 2.75) is 78.3 Å². The summed E-state index contributed by atoms with van der Waals surface area (Å²) >= 11 is 7.60. The highest BCUT2D eigenvalue weighted by Crippen LogP contribution is 2.50. The first-order valence-corrected chi connectivity index (χ1v) is 17.1. The van der Waals surface area contributed by atoms with Crippen LogP contribution in [0.2, 0.25) is 0 Å². The second-order valence-electron chi connectivity index (χ2n) is 12.3. The van der Waals surface area contributed by atoms with Crippen LogP contribution in [0.3, 0.4) is 0 Å². The number of fused-ring (bicyclic) bond motifs is 2. The number of hydrogen-bond donors (Lipinski definition) is 0. The molecule has 8 heteroatoms. The highest BCUT2D eigenvalue weighted by atomic mass is 79.9. The fraction of sp³-hybridized carbons (Fsp3) is 0.333. The lowest BCUT2D eigenvalue weighted by atomic mass is 9.82. The molecule has 44 heavy (non-hydrogen) atoms. The van der Waals surface area contributed by atoms with Crippen molar-refractivity contribution in [2.75, 3.05) is 0 Å². The van der Waals surface area contributed by atoms with Gasteiger partial charge in [0.2, 0.25) is 0 Å². The third kappa shape index (κ3) is 3.89. The van der Waals surface area contributed by atoms with E-state index >= 15 is 0 Å². The van der Waals surface area contributed by atoms with Crippen molar-refractivity contribution < 1.29 is 19.2 Å². The highest BCUT2D eigenvalue weighted by Gasteiger charge is 2.40. The molecule has 7 rings (SSSR count). The lowest BCUT2D eigenvalue weighted by Crippen LogP contribution is -2.46. The fourth-order valence-corrected chi connectivity index (χ4v) is 8.75. The largest absolute Gasteiger partial charge is 0.272 e. The molecule has 0 bridgehead atoms. The van der Waals surface area contributed by atoms with Crippen LogP contribution in [0.25, 0.3) is 43.1 Å². The predicted octanol–water partition coefficient (Wildman–Crippen LogP) is 9.61. The van der Waals surface area contributed by atoms with Crippen molar-refractivity contribution in [1.82, 2.24) is 9.80 Å². The first-order valence-electron chi connectivity index (χ1n) is 15.5. The van der Waals surface area contributed by atoms with E-state index < -0.39 is 0 Å². The standard InChI is InChI=1S/C36H32Br2N2O4/c1-5-7-9-17(3)39-33(41)21-13-11-19-27-20(12-14-22(28(21)27)34(39)42)31-26(38)16-24-29-23(15-25(37)30(19)32(29)31)35(43)40(36(24)44)18(4)10-8-6-2/h11-18H,5-10H2,1-4H3. The Bertz CT molecular complexity index is 1980. The van der Waals surface area contributed by atoms with E-state index in [-0.39, 0.29) is 35.7 Å². The van der Waals surface area contributed by atoms with Crippen LogP contribution in [0.15, 0.2) is 45.3 Å². The second kappa shape index (κ2) is 10.6. The third-order valence-corrected chi connectivity index (χ3v) is 10.9. The fourth-order valence-electron chi connectivity index (χ4n) is 7.46. The molecular weight excluding hydrogens is 684 g/mol. The summed E-state index contributed by atoms with van der Waals surface area (Å²) in [6.07, 6.45) is 5.34. The van der Waals surface area contributed by atoms with Crippen LogP contribution >= 0.6 is 31.9 Å². The Morgan fingerprint density at radius 2 is 0.932 bits per heavy atom. The first kappa shape index (κ1) is 29.4. The van der Waals surface area contributed by atoms with E-state index in [0.29, 0.717) is 33.0 Å². The second-order valence-corrected chi connectivity index (χ2v) is 14.0. The molecule has 224 valence electrons. The van der Waals surface area contributed by atoms with Gasteiger partial charge in [-0.1, -0.05) is 83.5 Å². The molecule has 0 fully saturated rings. The molecule has 2 aliphatic rings. The van der Waals surface area contributed by atoms with Gasteiger partial charge in [-0.25, -0.2) is 0 Å². The highest BCUT2D eigenvalue weighted by molar-refractivity contribution is 9.11. The van der Waals surface area contributed by atoms with Crippen LogP contribution in [0.5, 0.6) is 0 Å². The molecule has 0 saturated heterocycles. The summed E-state index contributed by atoms with van der Waals surface area (Å²) in [5.41, 5.74) is 2.04. The number of benzene rings is 5. The van der Waals surface area contributed by atoms with Gasteiger partial charge in [-0.3, -0.25) is 29.0 Å². The molecule has 2 heterocycles. The van der Waals surface area contributed by atoms with Crippen molar-refractivity contribution in [3.8, 4) is 0 Å². The molecule has 0 radical (unpaired) electrons. The monoisotopic (exact) mass is 714 g/mol. The maximum atomic E-state index is 14.0. The first-order chi connectivity index (χ1) is 21.1. The SMILES string of the molecule is CCCCC(C)N1C(=O)c2ccc3c4c(Br)cc5c6c(cc(Br)c(c7ccc(c2c37)C1=O)c64)C(=O)N(C(C)CCCC)C5=O. The molecule has 6 nitrogen and oxygen atoms in total. The molecule has 0 N–H and O–H groups in total. The Morgan fingerprint density at radius 1 is 0.545 bits per heavy atom. The Labute approximate surface area is 272 Å². The normalized spacial score (nSPS) is 16.4. The van der Waals surface area contributed by atoms with Crippen LogP contribution in [-0.4, -0.2) is 45.5 Å². The van der Waals surface area contributed by atoms with E-state index in [4.69, 9.17) is 0 Å². The summed E-state index contributed by atoms with van der Waals surface area (Å²) in [4.78, 5) is 58.6. The van der Waals surface area contributed by atoms with Gasteiger partial charge in [-0.15, -0.1) is 0 Å². The van der Waals surface area contributed by atoms with Gasteiger partial charge in [-0.2, -0.15) is 0 Å². The zero-order valence-corrected chi connectivity index (χ0v) is 28.3. The van der Waals surface area contributed by atoms with Crippen molar-refractivity contribution in [1.29, 1.82) is 0 Å². The van der Waals surface area contributed by atoms with Crippen LogP contribution in [-0.2, 0) is 0 Å². The molecule has 2 aliphatic heterocycles. The van der Waals surface area contributed by atoms with Gasteiger partial charge in [0.1, 0.15) is 0 Å². The number of halogens is 2. The summed E-state index contributed by atoms with van der Waals surface area (Å²) < 4.78 is 1.45. The summed E-state index contributed by atoms with van der Waals surface area (Å²) in [5, 5.41) is 6.40. The lowest BCUT2D eigenvalue weighted by molar-refractivity contribution is 0.0527. The Kier molecular flexibility index (Phi) is 7.09. The van der Waals surface area contributed by atoms with Crippen molar-refractivity contribution in [3.63, 3.8) is 0 Å². The number of amides is 4. The number of carbonyl (C=O) groups is 4. The summed E-state index contributed by atoms with van der Waals surface area (Å²) in [7, 11) is 0. The average molecular weight is 716 g/mol. The zero-order chi connectivity index (χ0) is 31.2. The molecule has 2 atom stereocenters. The van der Waals surface area contributed by atoms with Gasteiger partial charge < -0.3 is 0 Å². The molecule has 4 amide bonds. The number of hydrogen-bond acceptors (Lipinski definition) is 4. The minimum atomic E-state index is -0.281. The van der Waals surface area contributed by atoms with Gasteiger partial charge in [0.05, 0.1) is 0 Å². The van der Waals surface area contributed by atoms with Gasteiger partial charge >= 0.3 is 0 Å². The molecule has 5 aromatic carbocycles. The van der Waals surface area contributed by atoms with Crippen LogP contribution < -0.4 is 0 Å². The zero-order valence-electron chi connectivity index (χ0n) is 25.1. The average Bonchev–Trinajstić information content (AvgIpc) is 3.00. The predicted molar refractivity (Wildman–Crippen MR) is 182 cm³/mol. The maximum absolute atomic E-state index is 14.0. The third-order valence-electron chi connectivity index (χ3n) is 9.64. The molecule has 0 spiro atoms. The van der Waals surface area contributed by atoms with Gasteiger partial charge in [-0.05, 0) is 67.1 Å². The molecule has 5 aromatic rings. The Balaban J connectivity index is 1.54. The number of rotatable bonds is 8. The van der Waals surface area contributed by atoms with Gasteiger partial charge in [0, 0.05) is 70.2 Å². The quantitative estimate of drug-likeness (QED) is 0.0911.